The Hall–Kier alpha value is -2.02. The molecular weight excluding hydrogens is 370 g/mol. The predicted molar refractivity (Wildman–Crippen MR) is 104 cm³/mol. The van der Waals surface area contributed by atoms with E-state index in [4.69, 9.17) is 11.6 Å². The van der Waals surface area contributed by atoms with E-state index >= 15 is 0 Å². The number of rotatable bonds is 2. The zero-order valence-corrected chi connectivity index (χ0v) is 15.6. The van der Waals surface area contributed by atoms with Crippen molar-refractivity contribution in [3.05, 3.63) is 58.6 Å². The van der Waals surface area contributed by atoms with Crippen molar-refractivity contribution >= 4 is 40.9 Å². The Morgan fingerprint density at radius 2 is 2.12 bits per heavy atom. The van der Waals surface area contributed by atoms with Crippen LogP contribution in [0.15, 0.2) is 47.4 Å². The quantitative estimate of drug-likeness (QED) is 0.830. The number of nitrogens with one attached hydrogen (secondary N) is 2. The van der Waals surface area contributed by atoms with Gasteiger partial charge >= 0.3 is 0 Å². The second-order valence-corrected chi connectivity index (χ2v) is 7.77. The summed E-state index contributed by atoms with van der Waals surface area (Å²) in [5.41, 5.74) is 2.31. The van der Waals surface area contributed by atoms with Crippen molar-refractivity contribution < 1.29 is 9.59 Å². The van der Waals surface area contributed by atoms with Crippen molar-refractivity contribution in [2.24, 2.45) is 0 Å². The van der Waals surface area contributed by atoms with Crippen LogP contribution in [0.1, 0.15) is 22.0 Å². The number of carbonyl (C=O) groups excluding carboxylic acids is 2. The highest BCUT2D eigenvalue weighted by atomic mass is 35.5. The van der Waals surface area contributed by atoms with Gasteiger partial charge in [0.25, 0.3) is 5.91 Å². The van der Waals surface area contributed by atoms with Gasteiger partial charge in [-0.2, -0.15) is 0 Å². The molecule has 1 saturated heterocycles. The molecule has 5 nitrogen and oxygen atoms in total. The van der Waals surface area contributed by atoms with Gasteiger partial charge in [-0.25, -0.2) is 0 Å². The molecule has 7 heteroatoms. The molecule has 2 aromatic carbocycles. The van der Waals surface area contributed by atoms with E-state index in [0.717, 1.165) is 17.0 Å². The Morgan fingerprint density at radius 3 is 2.96 bits per heavy atom. The van der Waals surface area contributed by atoms with Crippen LogP contribution in [0.5, 0.6) is 0 Å². The molecule has 134 valence electrons. The molecule has 4 rings (SSSR count). The second-order valence-electron chi connectivity index (χ2n) is 6.32. The first-order chi connectivity index (χ1) is 12.6. The maximum Gasteiger partial charge on any atom is 0.254 e. The fraction of sp³-hybridized carbons (Fsp3) is 0.263. The number of amides is 2. The first-order valence-corrected chi connectivity index (χ1v) is 9.82. The largest absolute Gasteiger partial charge is 0.329 e. The smallest absolute Gasteiger partial charge is 0.254 e. The third kappa shape index (κ3) is 3.45. The van der Waals surface area contributed by atoms with Gasteiger partial charge in [0, 0.05) is 35.1 Å². The standard InChI is InChI=1S/C19H18ClN3O2S/c20-14-3-1-2-12(8-14)16-10-21-6-7-23(16)19(25)13-4-5-17-15(9-13)22-18(24)11-26-17/h1-5,8-9,16,21H,6-7,10-11H2,(H,22,24). The van der Waals surface area contributed by atoms with Gasteiger partial charge in [-0.3, -0.25) is 9.59 Å². The van der Waals surface area contributed by atoms with Gasteiger partial charge in [-0.05, 0) is 35.9 Å². The highest BCUT2D eigenvalue weighted by Crippen LogP contribution is 2.33. The van der Waals surface area contributed by atoms with Crippen molar-refractivity contribution in [3.63, 3.8) is 0 Å². The summed E-state index contributed by atoms with van der Waals surface area (Å²) in [6.45, 7) is 2.05. The normalized spacial score (nSPS) is 19.7. The Morgan fingerprint density at radius 1 is 1.23 bits per heavy atom. The van der Waals surface area contributed by atoms with Gasteiger partial charge in [-0.1, -0.05) is 23.7 Å². The predicted octanol–water partition coefficient (Wildman–Crippen LogP) is 3.17. The van der Waals surface area contributed by atoms with Crippen LogP contribution < -0.4 is 10.6 Å². The molecule has 1 fully saturated rings. The van der Waals surface area contributed by atoms with Crippen LogP contribution in [-0.2, 0) is 4.79 Å². The minimum absolute atomic E-state index is 0.0360. The summed E-state index contributed by atoms with van der Waals surface area (Å²) in [6.07, 6.45) is 0. The van der Waals surface area contributed by atoms with Crippen LogP contribution in [0.2, 0.25) is 5.02 Å². The van der Waals surface area contributed by atoms with E-state index in [2.05, 4.69) is 10.6 Å². The van der Waals surface area contributed by atoms with Gasteiger partial charge in [0.15, 0.2) is 0 Å². The van der Waals surface area contributed by atoms with Crippen LogP contribution in [0.25, 0.3) is 0 Å². The maximum absolute atomic E-state index is 13.2. The number of nitrogens with zero attached hydrogens (tertiary/aromatic N) is 1. The molecule has 2 aromatic rings. The molecule has 2 amide bonds. The third-order valence-corrected chi connectivity index (χ3v) is 5.91. The first-order valence-electron chi connectivity index (χ1n) is 8.46. The number of halogens is 1. The Labute approximate surface area is 161 Å². The summed E-state index contributed by atoms with van der Waals surface area (Å²) in [6, 6.07) is 13.1. The fourth-order valence-corrected chi connectivity index (χ4v) is 4.33. The van der Waals surface area contributed by atoms with E-state index in [-0.39, 0.29) is 17.9 Å². The third-order valence-electron chi connectivity index (χ3n) is 4.60. The van der Waals surface area contributed by atoms with Crippen LogP contribution in [0.3, 0.4) is 0 Å². The van der Waals surface area contributed by atoms with Gasteiger partial charge in [-0.15, -0.1) is 11.8 Å². The maximum atomic E-state index is 13.2. The molecule has 0 spiro atoms. The lowest BCUT2D eigenvalue weighted by Crippen LogP contribution is -2.48. The Balaban J connectivity index is 1.63. The minimum Gasteiger partial charge on any atom is -0.329 e. The number of benzene rings is 2. The molecule has 26 heavy (non-hydrogen) atoms. The monoisotopic (exact) mass is 387 g/mol. The average Bonchev–Trinajstić information content (AvgIpc) is 2.67. The lowest BCUT2D eigenvalue weighted by molar-refractivity contribution is -0.113. The van der Waals surface area contributed by atoms with E-state index < -0.39 is 0 Å². The van der Waals surface area contributed by atoms with Crippen molar-refractivity contribution in [2.75, 3.05) is 30.7 Å². The molecule has 0 aromatic heterocycles. The summed E-state index contributed by atoms with van der Waals surface area (Å²) in [4.78, 5) is 27.7. The lowest BCUT2D eigenvalue weighted by Gasteiger charge is -2.37. The van der Waals surface area contributed by atoms with Gasteiger partial charge < -0.3 is 15.5 Å². The molecule has 1 unspecified atom stereocenters. The highest BCUT2D eigenvalue weighted by Gasteiger charge is 2.29. The minimum atomic E-state index is -0.0741. The summed E-state index contributed by atoms with van der Waals surface area (Å²) in [7, 11) is 0. The summed E-state index contributed by atoms with van der Waals surface area (Å²) in [5.74, 6) is 0.338. The highest BCUT2D eigenvalue weighted by molar-refractivity contribution is 8.00. The molecule has 0 radical (unpaired) electrons. The molecule has 0 saturated carbocycles. The van der Waals surface area contributed by atoms with Crippen molar-refractivity contribution in [1.82, 2.24) is 10.2 Å². The molecule has 2 aliphatic rings. The topological polar surface area (TPSA) is 61.4 Å². The van der Waals surface area contributed by atoms with Crippen LogP contribution in [0.4, 0.5) is 5.69 Å². The van der Waals surface area contributed by atoms with Crippen molar-refractivity contribution in [2.45, 2.75) is 10.9 Å². The van der Waals surface area contributed by atoms with Crippen LogP contribution in [-0.4, -0.2) is 42.1 Å². The number of hydrogen-bond donors (Lipinski definition) is 2. The SMILES string of the molecule is O=C1CSc2ccc(C(=O)N3CCNCC3c3cccc(Cl)c3)cc2N1. The van der Waals surface area contributed by atoms with Crippen LogP contribution >= 0.6 is 23.4 Å². The van der Waals surface area contributed by atoms with E-state index in [1.165, 1.54) is 11.8 Å². The van der Waals surface area contributed by atoms with E-state index in [1.807, 2.05) is 41.3 Å². The molecule has 2 N–H and O–H groups in total. The van der Waals surface area contributed by atoms with Gasteiger partial charge in [0.05, 0.1) is 17.5 Å². The number of carbonyl (C=O) groups is 2. The number of fused-ring (bicyclic) bond motifs is 1. The van der Waals surface area contributed by atoms with E-state index in [0.29, 0.717) is 35.1 Å². The number of hydrogen-bond acceptors (Lipinski definition) is 4. The number of piperazine rings is 1. The fourth-order valence-electron chi connectivity index (χ4n) is 3.34. The summed E-state index contributed by atoms with van der Waals surface area (Å²) >= 11 is 7.63. The summed E-state index contributed by atoms with van der Waals surface area (Å²) < 4.78 is 0. The molecule has 2 heterocycles. The molecule has 0 aliphatic carbocycles. The first kappa shape index (κ1) is 17.4. The van der Waals surface area contributed by atoms with Gasteiger partial charge in [0.1, 0.15) is 0 Å². The Kier molecular flexibility index (Phi) is 4.89. The molecule has 0 bridgehead atoms. The van der Waals surface area contributed by atoms with Crippen LogP contribution in [0, 0.1) is 0 Å². The van der Waals surface area contributed by atoms with Gasteiger partial charge in [0.2, 0.25) is 5.91 Å². The zero-order chi connectivity index (χ0) is 18.1. The zero-order valence-electron chi connectivity index (χ0n) is 14.0. The Bertz CT molecular complexity index is 874. The average molecular weight is 388 g/mol. The second kappa shape index (κ2) is 7.31. The molecule has 1 atom stereocenters. The molecule has 2 aliphatic heterocycles. The lowest BCUT2D eigenvalue weighted by atomic mass is 10.0. The van der Waals surface area contributed by atoms with Crippen molar-refractivity contribution in [1.29, 1.82) is 0 Å². The number of anilines is 1. The molecular formula is C19H18ClN3O2S. The van der Waals surface area contributed by atoms with E-state index in [1.54, 1.807) is 6.07 Å². The van der Waals surface area contributed by atoms with Crippen molar-refractivity contribution in [3.8, 4) is 0 Å². The number of thioether (sulfide) groups is 1. The summed E-state index contributed by atoms with van der Waals surface area (Å²) in [5, 5.41) is 6.86. The van der Waals surface area contributed by atoms with E-state index in [9.17, 15) is 9.59 Å².